The Labute approximate surface area is 80.6 Å². The Morgan fingerprint density at radius 1 is 0.818 bits per heavy atom. The molecule has 0 aromatic heterocycles. The van der Waals surface area contributed by atoms with Crippen LogP contribution in [0.3, 0.4) is 0 Å². The average molecular weight is 217 g/mol. The monoisotopic (exact) mass is 216 g/mol. The van der Waals surface area contributed by atoms with Crippen LogP contribution in [0.25, 0.3) is 0 Å². The zero-order chi connectivity index (χ0) is 8.41. The van der Waals surface area contributed by atoms with E-state index in [4.69, 9.17) is 9.11 Å². The predicted octanol–water partition coefficient (Wildman–Crippen LogP) is -2.15. The summed E-state index contributed by atoms with van der Waals surface area (Å²) in [4.78, 5) is 0. The van der Waals surface area contributed by atoms with Gasteiger partial charge in [-0.05, 0) is 0 Å². The van der Waals surface area contributed by atoms with Gasteiger partial charge in [0, 0.05) is 0 Å². The Bertz CT molecular complexity index is 255. The summed E-state index contributed by atoms with van der Waals surface area (Å²) in [5, 5.41) is 0. The zero-order valence-corrected chi connectivity index (χ0v) is 6.39. The summed E-state index contributed by atoms with van der Waals surface area (Å²) in [6.45, 7) is 0. The molecule has 0 rings (SSSR count). The van der Waals surface area contributed by atoms with E-state index in [9.17, 15) is 16.8 Å². The second kappa shape index (κ2) is 4.57. The smallest absolute Gasteiger partial charge is 0.286 e. The van der Waals surface area contributed by atoms with Crippen LogP contribution < -0.4 is 0 Å². The van der Waals surface area contributed by atoms with Crippen molar-refractivity contribution in [1.29, 1.82) is 0 Å². The first-order valence-corrected chi connectivity index (χ1v) is 5.33. The molecule has 0 amide bonds. The largest absolute Gasteiger partial charge is 0.316 e. The topological polar surface area (TPSA) is 109 Å². The van der Waals surface area contributed by atoms with Crippen molar-refractivity contribution >= 4 is 43.3 Å². The van der Waals surface area contributed by atoms with Crippen LogP contribution >= 0.6 is 0 Å². The molecule has 0 fully saturated rings. The number of hydrogen-bond acceptors (Lipinski definition) is 4. The summed E-state index contributed by atoms with van der Waals surface area (Å²) >= 11 is 0. The fraction of sp³-hybridized carbons (Fsp3) is 1.00. The molecule has 66 valence electrons. The summed E-state index contributed by atoms with van der Waals surface area (Å²) in [7, 11) is -8.59. The molecule has 9 heteroatoms. The lowest BCUT2D eigenvalue weighted by Gasteiger charge is -1.92. The number of hydrogen-bond donors (Lipinski definition) is 2. The van der Waals surface area contributed by atoms with Crippen LogP contribution in [0.1, 0.15) is 0 Å². The minimum atomic E-state index is -4.30. The highest BCUT2D eigenvalue weighted by molar-refractivity contribution is 7.89. The molecule has 0 heterocycles. The zero-order valence-electron chi connectivity index (χ0n) is 4.76. The van der Waals surface area contributed by atoms with Gasteiger partial charge in [-0.25, -0.2) is 0 Å². The van der Waals surface area contributed by atoms with Crippen molar-refractivity contribution in [3.63, 3.8) is 0 Å². The molecule has 0 aliphatic carbocycles. The minimum absolute atomic E-state index is 0. The molecule has 11 heavy (non-hydrogen) atoms. The molecule has 0 unspecified atom stereocenters. The molecule has 0 saturated carbocycles. The van der Waals surface area contributed by atoms with Gasteiger partial charge in [-0.1, -0.05) is 0 Å². The second-order valence-corrected chi connectivity index (χ2v) is 4.72. The van der Waals surface area contributed by atoms with Gasteiger partial charge >= 0.3 is 23.1 Å². The first kappa shape index (κ1) is 14.1. The molecule has 2 N–H and O–H groups in total. The van der Waals surface area contributed by atoms with Crippen LogP contribution in [-0.4, -0.2) is 60.5 Å². The third-order valence-corrected chi connectivity index (χ3v) is 2.30. The highest BCUT2D eigenvalue weighted by Crippen LogP contribution is 1.86. The van der Waals surface area contributed by atoms with E-state index in [1.165, 1.54) is 0 Å². The lowest BCUT2D eigenvalue weighted by molar-refractivity contribution is 0.472. The summed E-state index contributed by atoms with van der Waals surface area (Å²) in [6.07, 6.45) is 0. The average Bonchev–Trinajstić information content (AvgIpc) is 1.57. The van der Waals surface area contributed by atoms with Crippen LogP contribution in [0, 0.1) is 0 Å². The molecule has 0 radical (unpaired) electrons. The SMILES string of the molecule is O=S(=O)(O)CCS(=O)(=O)O.[MgH2]. The molecular weight excluding hydrogens is 208 g/mol. The first-order valence-electron chi connectivity index (χ1n) is 2.11. The van der Waals surface area contributed by atoms with E-state index in [0.717, 1.165) is 0 Å². The van der Waals surface area contributed by atoms with E-state index >= 15 is 0 Å². The van der Waals surface area contributed by atoms with Crippen LogP contribution in [-0.2, 0) is 20.2 Å². The highest BCUT2D eigenvalue weighted by Gasteiger charge is 2.11. The van der Waals surface area contributed by atoms with Crippen LogP contribution in [0.15, 0.2) is 0 Å². The summed E-state index contributed by atoms with van der Waals surface area (Å²) in [6, 6.07) is 0. The van der Waals surface area contributed by atoms with Crippen LogP contribution in [0.2, 0.25) is 0 Å². The second-order valence-electron chi connectivity index (χ2n) is 1.57. The van der Waals surface area contributed by atoms with Gasteiger partial charge in [0.15, 0.2) is 0 Å². The van der Waals surface area contributed by atoms with Crippen molar-refractivity contribution in [3.8, 4) is 0 Å². The van der Waals surface area contributed by atoms with E-state index in [1.54, 1.807) is 0 Å². The number of rotatable bonds is 3. The molecule has 0 aliphatic rings. The maximum absolute atomic E-state index is 9.86. The van der Waals surface area contributed by atoms with Gasteiger partial charge in [0.25, 0.3) is 20.2 Å². The van der Waals surface area contributed by atoms with Gasteiger partial charge in [-0.2, -0.15) is 16.8 Å². The fourth-order valence-electron chi connectivity index (χ4n) is 0.211. The molecular formula is C2H8MgO6S2. The fourth-order valence-corrected chi connectivity index (χ4v) is 1.90. The lowest BCUT2D eigenvalue weighted by Crippen LogP contribution is -2.15. The minimum Gasteiger partial charge on any atom is -0.286 e. The van der Waals surface area contributed by atoms with Crippen LogP contribution in [0.5, 0.6) is 0 Å². The molecule has 0 bridgehead atoms. The van der Waals surface area contributed by atoms with Crippen molar-refractivity contribution in [3.05, 3.63) is 0 Å². The molecule has 0 saturated heterocycles. The normalized spacial score (nSPS) is 12.2. The maximum Gasteiger partial charge on any atom is 0.316 e. The molecule has 0 aromatic rings. The van der Waals surface area contributed by atoms with E-state index in [-0.39, 0.29) is 23.1 Å². The Morgan fingerprint density at radius 3 is 1.09 bits per heavy atom. The Kier molecular flexibility index (Phi) is 5.87. The van der Waals surface area contributed by atoms with Gasteiger partial charge in [0.05, 0.1) is 11.5 Å². The standard InChI is InChI=1S/C2H6O6S2.Mg.2H/c3-9(4,5)1-2-10(6,7)8;;;/h1-2H2,(H,3,4,5)(H,6,7,8);;;. The van der Waals surface area contributed by atoms with Gasteiger partial charge in [-0.15, -0.1) is 0 Å². The van der Waals surface area contributed by atoms with E-state index in [1.807, 2.05) is 0 Å². The third-order valence-electron chi connectivity index (χ3n) is 0.599. The Balaban J connectivity index is 0. The van der Waals surface area contributed by atoms with Gasteiger partial charge < -0.3 is 0 Å². The van der Waals surface area contributed by atoms with E-state index in [0.29, 0.717) is 0 Å². The molecule has 6 nitrogen and oxygen atoms in total. The molecule has 0 spiro atoms. The quantitative estimate of drug-likeness (QED) is 0.411. The van der Waals surface area contributed by atoms with Gasteiger partial charge in [0.2, 0.25) is 0 Å². The van der Waals surface area contributed by atoms with E-state index in [2.05, 4.69) is 0 Å². The van der Waals surface area contributed by atoms with Crippen molar-refractivity contribution in [2.24, 2.45) is 0 Å². The van der Waals surface area contributed by atoms with Crippen molar-refractivity contribution in [2.45, 2.75) is 0 Å². The van der Waals surface area contributed by atoms with Crippen molar-refractivity contribution in [2.75, 3.05) is 11.5 Å². The van der Waals surface area contributed by atoms with Gasteiger partial charge in [0.1, 0.15) is 0 Å². The molecule has 0 aliphatic heterocycles. The molecule has 0 atom stereocenters. The molecule has 0 aromatic carbocycles. The predicted molar refractivity (Wildman–Crippen MR) is 41.4 cm³/mol. The highest BCUT2D eigenvalue weighted by atomic mass is 32.2. The van der Waals surface area contributed by atoms with Gasteiger partial charge in [-0.3, -0.25) is 9.11 Å². The Hall–Kier alpha value is 0.586. The maximum atomic E-state index is 9.86. The van der Waals surface area contributed by atoms with Crippen LogP contribution in [0.4, 0.5) is 0 Å². The van der Waals surface area contributed by atoms with Crippen molar-refractivity contribution in [1.82, 2.24) is 0 Å². The Morgan fingerprint density at radius 2 is 1.00 bits per heavy atom. The third kappa shape index (κ3) is 13.6. The van der Waals surface area contributed by atoms with E-state index < -0.39 is 31.7 Å². The lowest BCUT2D eigenvalue weighted by atomic mass is 11.0. The first-order chi connectivity index (χ1) is 4.21. The summed E-state index contributed by atoms with van der Waals surface area (Å²) in [5.41, 5.74) is 0. The summed E-state index contributed by atoms with van der Waals surface area (Å²) in [5.74, 6) is -1.96. The summed E-state index contributed by atoms with van der Waals surface area (Å²) < 4.78 is 55.4. The van der Waals surface area contributed by atoms with Crippen molar-refractivity contribution < 1.29 is 25.9 Å².